The summed E-state index contributed by atoms with van der Waals surface area (Å²) in [6, 6.07) is 13.2. The van der Waals surface area contributed by atoms with E-state index in [0.29, 0.717) is 5.56 Å². The fourth-order valence-corrected chi connectivity index (χ4v) is 2.68. The second-order valence-corrected chi connectivity index (χ2v) is 5.66. The first kappa shape index (κ1) is 14.8. The number of benzene rings is 2. The Kier molecular flexibility index (Phi) is 4.54. The molecule has 0 radical (unpaired) electrons. The van der Waals surface area contributed by atoms with E-state index in [1.807, 2.05) is 18.2 Å². The molecular formula is C19H20FNO. The number of nitrogens with zero attached hydrogens (tertiary/aromatic N) is 1. The average molecular weight is 297 g/mol. The van der Waals surface area contributed by atoms with Gasteiger partial charge in [0.2, 0.25) is 0 Å². The molecule has 1 aliphatic rings. The van der Waals surface area contributed by atoms with Gasteiger partial charge < -0.3 is 4.74 Å². The van der Waals surface area contributed by atoms with Crippen LogP contribution >= 0.6 is 0 Å². The summed E-state index contributed by atoms with van der Waals surface area (Å²) < 4.78 is 19.0. The van der Waals surface area contributed by atoms with Gasteiger partial charge in [-0.3, -0.25) is 4.90 Å². The van der Waals surface area contributed by atoms with Crippen molar-refractivity contribution in [1.29, 1.82) is 0 Å². The first-order valence-electron chi connectivity index (χ1n) is 7.56. The predicted octanol–water partition coefficient (Wildman–Crippen LogP) is 3.91. The molecule has 0 fully saturated rings. The Morgan fingerprint density at radius 2 is 2.09 bits per heavy atom. The summed E-state index contributed by atoms with van der Waals surface area (Å²) in [6.45, 7) is 2.44. The van der Waals surface area contributed by atoms with E-state index in [-0.39, 0.29) is 5.82 Å². The van der Waals surface area contributed by atoms with E-state index < -0.39 is 0 Å². The van der Waals surface area contributed by atoms with Crippen LogP contribution in [0.15, 0.2) is 48.5 Å². The molecule has 0 saturated carbocycles. The molecule has 2 aromatic carbocycles. The molecule has 3 rings (SSSR count). The third-order valence-electron chi connectivity index (χ3n) is 3.83. The SMILES string of the molecule is CN(C/C=C/c1ccccc1F)Cc1ccc2c(c1)CCO2. The summed E-state index contributed by atoms with van der Waals surface area (Å²) in [5.41, 5.74) is 3.21. The van der Waals surface area contributed by atoms with Crippen LogP contribution in [0, 0.1) is 5.82 Å². The summed E-state index contributed by atoms with van der Waals surface area (Å²) in [7, 11) is 2.06. The maximum Gasteiger partial charge on any atom is 0.130 e. The number of fused-ring (bicyclic) bond motifs is 1. The van der Waals surface area contributed by atoms with E-state index in [1.165, 1.54) is 17.2 Å². The van der Waals surface area contributed by atoms with Crippen LogP contribution in [-0.2, 0) is 13.0 Å². The molecule has 0 N–H and O–H groups in total. The van der Waals surface area contributed by atoms with Crippen LogP contribution in [-0.4, -0.2) is 25.1 Å². The van der Waals surface area contributed by atoms with E-state index in [0.717, 1.165) is 31.9 Å². The van der Waals surface area contributed by atoms with Crippen molar-refractivity contribution in [2.45, 2.75) is 13.0 Å². The Labute approximate surface area is 130 Å². The molecule has 0 unspecified atom stereocenters. The minimum atomic E-state index is -0.181. The number of ether oxygens (including phenoxy) is 1. The summed E-state index contributed by atoms with van der Waals surface area (Å²) in [5, 5.41) is 0. The van der Waals surface area contributed by atoms with Crippen LogP contribution in [0.5, 0.6) is 5.75 Å². The lowest BCUT2D eigenvalue weighted by Gasteiger charge is -2.15. The van der Waals surface area contributed by atoms with Crippen LogP contribution in [0.1, 0.15) is 16.7 Å². The van der Waals surface area contributed by atoms with Gasteiger partial charge in [0, 0.05) is 25.1 Å². The Hall–Kier alpha value is -2.13. The van der Waals surface area contributed by atoms with Gasteiger partial charge in [-0.05, 0) is 30.3 Å². The normalized spacial score (nSPS) is 13.6. The van der Waals surface area contributed by atoms with Crippen molar-refractivity contribution < 1.29 is 9.13 Å². The Bertz CT molecular complexity index is 681. The summed E-state index contributed by atoms with van der Waals surface area (Å²) in [5.74, 6) is 0.839. The standard InChI is InChI=1S/C19H20FNO/c1-21(11-4-6-16-5-2-3-7-18(16)20)14-15-8-9-19-17(13-15)10-12-22-19/h2-9,13H,10-12,14H2,1H3/b6-4+. The van der Waals surface area contributed by atoms with E-state index in [2.05, 4.69) is 30.1 Å². The maximum atomic E-state index is 13.5. The van der Waals surface area contributed by atoms with E-state index in [9.17, 15) is 4.39 Å². The molecule has 1 heterocycles. The average Bonchev–Trinajstić information content (AvgIpc) is 2.97. The van der Waals surface area contributed by atoms with Crippen molar-refractivity contribution in [3.63, 3.8) is 0 Å². The zero-order valence-electron chi connectivity index (χ0n) is 12.8. The Balaban J connectivity index is 1.56. The topological polar surface area (TPSA) is 12.5 Å². The zero-order valence-corrected chi connectivity index (χ0v) is 12.8. The number of halogens is 1. The minimum absolute atomic E-state index is 0.181. The number of hydrogen-bond donors (Lipinski definition) is 0. The fraction of sp³-hybridized carbons (Fsp3) is 0.263. The highest BCUT2D eigenvalue weighted by atomic mass is 19.1. The van der Waals surface area contributed by atoms with E-state index >= 15 is 0 Å². The van der Waals surface area contributed by atoms with Gasteiger partial charge in [0.05, 0.1) is 6.61 Å². The molecule has 0 spiro atoms. The summed E-state index contributed by atoms with van der Waals surface area (Å²) >= 11 is 0. The van der Waals surface area contributed by atoms with Crippen molar-refractivity contribution >= 4 is 6.08 Å². The fourth-order valence-electron chi connectivity index (χ4n) is 2.68. The molecule has 0 atom stereocenters. The molecular weight excluding hydrogens is 277 g/mol. The molecule has 2 nitrogen and oxygen atoms in total. The Morgan fingerprint density at radius 1 is 1.23 bits per heavy atom. The van der Waals surface area contributed by atoms with Crippen LogP contribution in [0.25, 0.3) is 6.08 Å². The third kappa shape index (κ3) is 3.55. The predicted molar refractivity (Wildman–Crippen MR) is 87.4 cm³/mol. The maximum absolute atomic E-state index is 13.5. The van der Waals surface area contributed by atoms with Crippen molar-refractivity contribution in [3.05, 3.63) is 71.0 Å². The van der Waals surface area contributed by atoms with Crippen LogP contribution in [0.2, 0.25) is 0 Å². The van der Waals surface area contributed by atoms with Crippen LogP contribution in [0.3, 0.4) is 0 Å². The number of hydrogen-bond acceptors (Lipinski definition) is 2. The number of likely N-dealkylation sites (N-methyl/N-ethyl adjacent to an activating group) is 1. The van der Waals surface area contributed by atoms with Gasteiger partial charge in [-0.1, -0.05) is 42.5 Å². The zero-order chi connectivity index (χ0) is 15.4. The van der Waals surface area contributed by atoms with Gasteiger partial charge in [-0.2, -0.15) is 0 Å². The molecule has 3 heteroatoms. The molecule has 0 saturated heterocycles. The largest absolute Gasteiger partial charge is 0.493 e. The highest BCUT2D eigenvalue weighted by Gasteiger charge is 2.12. The summed E-state index contributed by atoms with van der Waals surface area (Å²) in [4.78, 5) is 2.20. The van der Waals surface area contributed by atoms with Gasteiger partial charge in [0.25, 0.3) is 0 Å². The van der Waals surface area contributed by atoms with Crippen LogP contribution in [0.4, 0.5) is 4.39 Å². The van der Waals surface area contributed by atoms with Crippen molar-refractivity contribution in [3.8, 4) is 5.75 Å². The monoisotopic (exact) mass is 297 g/mol. The van der Waals surface area contributed by atoms with Crippen LogP contribution < -0.4 is 4.74 Å². The molecule has 22 heavy (non-hydrogen) atoms. The smallest absolute Gasteiger partial charge is 0.130 e. The molecule has 0 bridgehead atoms. The molecule has 1 aliphatic heterocycles. The lowest BCUT2D eigenvalue weighted by Crippen LogP contribution is -2.17. The molecule has 114 valence electrons. The first-order chi connectivity index (χ1) is 10.7. The van der Waals surface area contributed by atoms with Gasteiger partial charge in [-0.15, -0.1) is 0 Å². The molecule has 2 aromatic rings. The quantitative estimate of drug-likeness (QED) is 0.830. The first-order valence-corrected chi connectivity index (χ1v) is 7.56. The van der Waals surface area contributed by atoms with Crippen molar-refractivity contribution in [2.75, 3.05) is 20.2 Å². The molecule has 0 amide bonds. The lowest BCUT2D eigenvalue weighted by atomic mass is 10.1. The highest BCUT2D eigenvalue weighted by molar-refractivity contribution is 5.49. The van der Waals surface area contributed by atoms with Gasteiger partial charge in [0.15, 0.2) is 0 Å². The third-order valence-corrected chi connectivity index (χ3v) is 3.83. The molecule has 0 aromatic heterocycles. The second-order valence-electron chi connectivity index (χ2n) is 5.66. The van der Waals surface area contributed by atoms with Gasteiger partial charge in [0.1, 0.15) is 11.6 Å². The van der Waals surface area contributed by atoms with Gasteiger partial charge in [-0.25, -0.2) is 4.39 Å². The molecule has 0 aliphatic carbocycles. The summed E-state index contributed by atoms with van der Waals surface area (Å²) in [6.07, 6.45) is 4.83. The van der Waals surface area contributed by atoms with Gasteiger partial charge >= 0.3 is 0 Å². The van der Waals surface area contributed by atoms with E-state index in [4.69, 9.17) is 4.74 Å². The Morgan fingerprint density at radius 3 is 2.95 bits per heavy atom. The minimum Gasteiger partial charge on any atom is -0.493 e. The lowest BCUT2D eigenvalue weighted by molar-refractivity contribution is 0.356. The highest BCUT2D eigenvalue weighted by Crippen LogP contribution is 2.26. The number of rotatable bonds is 5. The van der Waals surface area contributed by atoms with E-state index in [1.54, 1.807) is 12.1 Å². The second kappa shape index (κ2) is 6.75. The van der Waals surface area contributed by atoms with Crippen molar-refractivity contribution in [1.82, 2.24) is 4.90 Å². The van der Waals surface area contributed by atoms with Crippen molar-refractivity contribution in [2.24, 2.45) is 0 Å².